The van der Waals surface area contributed by atoms with Crippen LogP contribution in [0.4, 0.5) is 10.5 Å². The van der Waals surface area contributed by atoms with Gasteiger partial charge in [-0.3, -0.25) is 19.3 Å². The number of ketones is 1. The average molecular weight is 427 g/mol. The van der Waals surface area contributed by atoms with Crippen LogP contribution in [0.25, 0.3) is 11.1 Å². The number of urea groups is 1. The van der Waals surface area contributed by atoms with Crippen molar-refractivity contribution in [1.29, 1.82) is 0 Å². The molecule has 1 saturated carbocycles. The Morgan fingerprint density at radius 3 is 2.12 bits per heavy atom. The first-order valence-corrected chi connectivity index (χ1v) is 10.9. The van der Waals surface area contributed by atoms with Crippen LogP contribution in [-0.2, 0) is 9.59 Å². The van der Waals surface area contributed by atoms with E-state index in [1.807, 2.05) is 24.3 Å². The van der Waals surface area contributed by atoms with E-state index in [1.165, 1.54) is 4.90 Å². The maximum Gasteiger partial charge on any atom is 0.320 e. The number of nitrogens with zero attached hydrogens (tertiary/aromatic N) is 1. The van der Waals surface area contributed by atoms with Crippen LogP contribution in [0, 0.1) is 23.7 Å². The van der Waals surface area contributed by atoms with E-state index in [0.29, 0.717) is 16.8 Å². The molecule has 1 saturated heterocycles. The molecule has 7 rings (SSSR count). The van der Waals surface area contributed by atoms with Gasteiger partial charge in [0, 0.05) is 16.8 Å². The fraction of sp³-hybridized carbons (Fsp3) is 0.280. The largest absolute Gasteiger partial charge is 0.320 e. The monoisotopic (exact) mass is 427 g/mol. The third-order valence-electron chi connectivity index (χ3n) is 7.23. The summed E-state index contributed by atoms with van der Waals surface area (Å²) < 4.78 is 0. The van der Waals surface area contributed by atoms with Crippen molar-refractivity contribution >= 4 is 29.3 Å². The lowest BCUT2D eigenvalue weighted by Crippen LogP contribution is -2.43. The molecule has 7 heteroatoms. The molecule has 4 aliphatic carbocycles. The predicted molar refractivity (Wildman–Crippen MR) is 117 cm³/mol. The molecule has 7 nitrogen and oxygen atoms in total. The molecule has 2 aromatic carbocycles. The summed E-state index contributed by atoms with van der Waals surface area (Å²) in [4.78, 5) is 52.0. The van der Waals surface area contributed by atoms with Crippen LogP contribution in [0.2, 0.25) is 0 Å². The van der Waals surface area contributed by atoms with Gasteiger partial charge in [-0.25, -0.2) is 4.79 Å². The molecule has 0 unspecified atom stereocenters. The van der Waals surface area contributed by atoms with E-state index in [0.717, 1.165) is 24.0 Å². The van der Waals surface area contributed by atoms with Gasteiger partial charge in [-0.05, 0) is 47.9 Å². The van der Waals surface area contributed by atoms with Crippen molar-refractivity contribution in [3.05, 3.63) is 65.7 Å². The van der Waals surface area contributed by atoms with Gasteiger partial charge in [-0.2, -0.15) is 0 Å². The van der Waals surface area contributed by atoms with Gasteiger partial charge in [0.1, 0.15) is 6.67 Å². The zero-order valence-electron chi connectivity index (χ0n) is 17.2. The van der Waals surface area contributed by atoms with E-state index in [9.17, 15) is 19.2 Å². The zero-order valence-corrected chi connectivity index (χ0v) is 17.2. The number of allylic oxidation sites excluding steroid dienone is 2. The summed E-state index contributed by atoms with van der Waals surface area (Å²) in [6.45, 7) is -0.161. The van der Waals surface area contributed by atoms with Gasteiger partial charge in [-0.1, -0.05) is 42.5 Å². The third-order valence-corrected chi connectivity index (χ3v) is 7.23. The molecule has 1 heterocycles. The van der Waals surface area contributed by atoms with Crippen LogP contribution in [0.5, 0.6) is 0 Å². The van der Waals surface area contributed by atoms with Crippen LogP contribution in [-0.4, -0.2) is 35.2 Å². The Morgan fingerprint density at radius 1 is 0.844 bits per heavy atom. The normalized spacial score (nSPS) is 26.8. The zero-order chi connectivity index (χ0) is 22.0. The second-order valence-electron chi connectivity index (χ2n) is 8.87. The van der Waals surface area contributed by atoms with Crippen molar-refractivity contribution < 1.29 is 19.2 Å². The topological polar surface area (TPSA) is 95.6 Å². The fourth-order valence-electron chi connectivity index (χ4n) is 5.72. The lowest BCUT2D eigenvalue weighted by atomic mass is 9.63. The van der Waals surface area contributed by atoms with Crippen LogP contribution in [0.3, 0.4) is 0 Å². The Kier molecular flexibility index (Phi) is 4.08. The predicted octanol–water partition coefficient (Wildman–Crippen LogP) is 3.17. The van der Waals surface area contributed by atoms with E-state index in [-0.39, 0.29) is 47.9 Å². The number of carbonyl (C=O) groups is 4. The fourth-order valence-corrected chi connectivity index (χ4v) is 5.72. The van der Waals surface area contributed by atoms with E-state index < -0.39 is 6.03 Å². The molecule has 160 valence electrons. The Hall–Kier alpha value is -3.74. The molecule has 32 heavy (non-hydrogen) atoms. The van der Waals surface area contributed by atoms with Gasteiger partial charge in [-0.15, -0.1) is 0 Å². The molecule has 0 aromatic heterocycles. The first kappa shape index (κ1) is 19.0. The lowest BCUT2D eigenvalue weighted by molar-refractivity contribution is -0.140. The standard InChI is InChI=1S/C25H21N3O4/c29-22-18-4-2-1-3-16(18)17-10-9-15(11-19(17)22)27-25(32)26-12-28-23(30)20-13-5-6-14(8-7-13)21(20)24(28)31/h1-6,9-11,13-14,20-21H,7-8,12H2,(H2,26,27,32)/t13-,14-,20-,21-/m0/s1. The van der Waals surface area contributed by atoms with E-state index in [1.54, 1.807) is 18.2 Å². The summed E-state index contributed by atoms with van der Waals surface area (Å²) in [6.07, 6.45) is 6.00. The molecule has 5 aliphatic rings. The minimum Gasteiger partial charge on any atom is -0.320 e. The van der Waals surface area contributed by atoms with Crippen molar-refractivity contribution in [2.45, 2.75) is 12.8 Å². The minimum atomic E-state index is -0.538. The summed E-state index contributed by atoms with van der Waals surface area (Å²) in [5.74, 6) is -0.804. The summed E-state index contributed by atoms with van der Waals surface area (Å²) in [5.41, 5.74) is 3.40. The molecule has 2 fully saturated rings. The summed E-state index contributed by atoms with van der Waals surface area (Å²) in [7, 11) is 0. The van der Waals surface area contributed by atoms with Crippen LogP contribution < -0.4 is 10.6 Å². The van der Waals surface area contributed by atoms with E-state index >= 15 is 0 Å². The Balaban J connectivity index is 1.13. The number of likely N-dealkylation sites (tertiary alicyclic amines) is 1. The van der Waals surface area contributed by atoms with Gasteiger partial charge < -0.3 is 10.6 Å². The second-order valence-corrected chi connectivity index (χ2v) is 8.87. The summed E-state index contributed by atoms with van der Waals surface area (Å²) in [6, 6.07) is 12.1. The van der Waals surface area contributed by atoms with Crippen molar-refractivity contribution in [1.82, 2.24) is 10.2 Å². The second kappa shape index (κ2) is 6.88. The number of amides is 4. The molecule has 0 spiro atoms. The van der Waals surface area contributed by atoms with Crippen molar-refractivity contribution in [3.8, 4) is 11.1 Å². The van der Waals surface area contributed by atoms with Gasteiger partial charge in [0.2, 0.25) is 11.8 Å². The molecule has 0 radical (unpaired) electrons. The van der Waals surface area contributed by atoms with Crippen LogP contribution in [0.1, 0.15) is 28.8 Å². The number of benzene rings is 2. The SMILES string of the molecule is O=C(NCN1C(=O)[C@@H]2[C@@H](C1=O)[C@H]1C=C[C@H]2CC1)Nc1ccc2c(c1)C(=O)c1ccccc1-2. The summed E-state index contributed by atoms with van der Waals surface area (Å²) in [5, 5.41) is 5.32. The molecule has 4 amide bonds. The number of hydrogen-bond donors (Lipinski definition) is 2. The number of imide groups is 1. The highest BCUT2D eigenvalue weighted by atomic mass is 16.2. The van der Waals surface area contributed by atoms with Crippen LogP contribution >= 0.6 is 0 Å². The van der Waals surface area contributed by atoms with E-state index in [2.05, 4.69) is 22.8 Å². The lowest BCUT2D eigenvalue weighted by Gasteiger charge is -2.38. The quantitative estimate of drug-likeness (QED) is 0.496. The highest BCUT2D eigenvalue weighted by Gasteiger charge is 2.56. The third kappa shape index (κ3) is 2.67. The highest BCUT2D eigenvalue weighted by Crippen LogP contribution is 2.49. The highest BCUT2D eigenvalue weighted by molar-refractivity contribution is 6.22. The molecular weight excluding hydrogens is 406 g/mol. The van der Waals surface area contributed by atoms with Gasteiger partial charge in [0.15, 0.2) is 5.78 Å². The Labute approximate surface area is 184 Å². The molecule has 2 aromatic rings. The van der Waals surface area contributed by atoms with Gasteiger partial charge in [0.25, 0.3) is 0 Å². The first-order valence-electron chi connectivity index (χ1n) is 10.9. The maximum atomic E-state index is 12.8. The Bertz CT molecular complexity index is 1200. The number of rotatable bonds is 3. The minimum absolute atomic E-state index is 0.0706. The molecule has 1 aliphatic heterocycles. The number of carbonyl (C=O) groups excluding carboxylic acids is 4. The number of fused-ring (bicyclic) bond motifs is 4. The molecular formula is C25H21N3O4. The van der Waals surface area contributed by atoms with Crippen molar-refractivity contribution in [2.75, 3.05) is 12.0 Å². The Morgan fingerprint density at radius 2 is 1.47 bits per heavy atom. The van der Waals surface area contributed by atoms with Gasteiger partial charge in [0.05, 0.1) is 11.8 Å². The number of anilines is 1. The molecule has 2 bridgehead atoms. The average Bonchev–Trinajstić information content (AvgIpc) is 3.25. The smallest absolute Gasteiger partial charge is 0.320 e. The number of nitrogens with one attached hydrogen (secondary N) is 2. The van der Waals surface area contributed by atoms with Crippen molar-refractivity contribution in [2.24, 2.45) is 23.7 Å². The molecule has 2 N–H and O–H groups in total. The molecule has 4 atom stereocenters. The van der Waals surface area contributed by atoms with E-state index in [4.69, 9.17) is 0 Å². The first-order chi connectivity index (χ1) is 15.5. The number of hydrogen-bond acceptors (Lipinski definition) is 4. The maximum absolute atomic E-state index is 12.8. The van der Waals surface area contributed by atoms with Gasteiger partial charge >= 0.3 is 6.03 Å². The van der Waals surface area contributed by atoms with Crippen LogP contribution in [0.15, 0.2) is 54.6 Å². The summed E-state index contributed by atoms with van der Waals surface area (Å²) >= 11 is 0. The van der Waals surface area contributed by atoms with Crippen molar-refractivity contribution in [3.63, 3.8) is 0 Å².